The van der Waals surface area contributed by atoms with Crippen molar-refractivity contribution in [2.45, 2.75) is 19.8 Å². The van der Waals surface area contributed by atoms with Gasteiger partial charge in [0.05, 0.1) is 18.9 Å². The molecule has 1 saturated carbocycles. The number of anilines is 2. The van der Waals surface area contributed by atoms with Crippen molar-refractivity contribution in [2.75, 3.05) is 24.3 Å². The number of hydrogen-bond donors (Lipinski definition) is 3. The Labute approximate surface area is 169 Å². The van der Waals surface area contributed by atoms with E-state index < -0.39 is 0 Å². The van der Waals surface area contributed by atoms with E-state index in [2.05, 4.69) is 16.0 Å². The summed E-state index contributed by atoms with van der Waals surface area (Å²) in [6.07, 6.45) is 1.26. The highest BCUT2D eigenvalue weighted by Gasteiger charge is 2.47. The molecule has 3 rings (SSSR count). The number of rotatable bonds is 8. The Hall–Kier alpha value is -3.35. The molecule has 3 amide bonds. The number of carbonyl (C=O) groups excluding carboxylic acids is 3. The summed E-state index contributed by atoms with van der Waals surface area (Å²) in [4.78, 5) is 35.7. The van der Waals surface area contributed by atoms with Gasteiger partial charge in [0.15, 0.2) is 0 Å². The molecule has 2 atom stereocenters. The number of amides is 3. The molecule has 2 aromatic carbocycles. The van der Waals surface area contributed by atoms with Crippen molar-refractivity contribution in [1.29, 1.82) is 0 Å². The Morgan fingerprint density at radius 3 is 2.28 bits per heavy atom. The first-order chi connectivity index (χ1) is 14.0. The minimum atomic E-state index is -0.304. The van der Waals surface area contributed by atoms with Gasteiger partial charge in [0.2, 0.25) is 17.7 Å². The minimum Gasteiger partial charge on any atom is -0.497 e. The summed E-state index contributed by atoms with van der Waals surface area (Å²) < 4.78 is 5.19. The van der Waals surface area contributed by atoms with Gasteiger partial charge >= 0.3 is 0 Å². The Balaban J connectivity index is 1.41. The molecule has 7 nitrogen and oxygen atoms in total. The van der Waals surface area contributed by atoms with E-state index in [9.17, 15) is 14.4 Å². The first-order valence-electron chi connectivity index (χ1n) is 9.55. The molecule has 0 radical (unpaired) electrons. The molecule has 1 aliphatic carbocycles. The van der Waals surface area contributed by atoms with Gasteiger partial charge in [-0.2, -0.15) is 0 Å². The molecule has 2 aromatic rings. The van der Waals surface area contributed by atoms with Crippen LogP contribution in [0, 0.1) is 11.8 Å². The van der Waals surface area contributed by atoms with E-state index in [1.807, 2.05) is 24.3 Å². The normalized spacial score (nSPS) is 17.2. The number of nitrogens with one attached hydrogen (secondary N) is 3. The molecule has 0 saturated heterocycles. The Morgan fingerprint density at radius 1 is 0.966 bits per heavy atom. The van der Waals surface area contributed by atoms with Crippen molar-refractivity contribution in [3.63, 3.8) is 0 Å². The van der Waals surface area contributed by atoms with E-state index in [1.165, 1.54) is 6.92 Å². The van der Waals surface area contributed by atoms with Gasteiger partial charge in [-0.3, -0.25) is 14.4 Å². The molecule has 152 valence electrons. The van der Waals surface area contributed by atoms with E-state index in [-0.39, 0.29) is 29.6 Å². The Morgan fingerprint density at radius 2 is 1.62 bits per heavy atom. The van der Waals surface area contributed by atoms with E-state index in [0.29, 0.717) is 30.8 Å². The van der Waals surface area contributed by atoms with Crippen molar-refractivity contribution in [1.82, 2.24) is 5.32 Å². The minimum absolute atomic E-state index is 0.0888. The van der Waals surface area contributed by atoms with Gasteiger partial charge in [0.1, 0.15) is 5.75 Å². The second kappa shape index (κ2) is 9.23. The summed E-state index contributed by atoms with van der Waals surface area (Å²) in [7, 11) is 1.62. The van der Waals surface area contributed by atoms with Crippen LogP contribution in [0.2, 0.25) is 0 Å². The number of benzene rings is 2. The van der Waals surface area contributed by atoms with Crippen LogP contribution in [0.25, 0.3) is 0 Å². The zero-order chi connectivity index (χ0) is 20.8. The highest BCUT2D eigenvalue weighted by Crippen LogP contribution is 2.39. The molecule has 0 heterocycles. The maximum Gasteiger partial charge on any atom is 0.228 e. The van der Waals surface area contributed by atoms with Gasteiger partial charge in [-0.15, -0.1) is 0 Å². The zero-order valence-electron chi connectivity index (χ0n) is 16.5. The van der Waals surface area contributed by atoms with Crippen molar-refractivity contribution in [3.05, 3.63) is 54.1 Å². The number of carbonyl (C=O) groups is 3. The van der Waals surface area contributed by atoms with Crippen LogP contribution >= 0.6 is 0 Å². The quantitative estimate of drug-likeness (QED) is 0.640. The summed E-state index contributed by atoms with van der Waals surface area (Å²) in [5.41, 5.74) is 2.38. The molecule has 7 heteroatoms. The summed E-state index contributed by atoms with van der Waals surface area (Å²) in [6.45, 7) is 1.95. The topological polar surface area (TPSA) is 96.5 Å². The maximum absolute atomic E-state index is 12.3. The molecule has 3 N–H and O–H groups in total. The third-order valence-corrected chi connectivity index (χ3v) is 4.78. The van der Waals surface area contributed by atoms with Crippen LogP contribution in [0.1, 0.15) is 18.9 Å². The fourth-order valence-electron chi connectivity index (χ4n) is 3.14. The smallest absolute Gasteiger partial charge is 0.228 e. The first kappa shape index (κ1) is 20.4. The maximum atomic E-state index is 12.3. The Kier molecular flexibility index (Phi) is 6.49. The van der Waals surface area contributed by atoms with Crippen LogP contribution < -0.4 is 20.7 Å². The van der Waals surface area contributed by atoms with E-state index in [4.69, 9.17) is 4.74 Å². The summed E-state index contributed by atoms with van der Waals surface area (Å²) in [6, 6.07) is 14.6. The predicted octanol–water partition coefficient (Wildman–Crippen LogP) is 2.59. The molecule has 0 aliphatic heterocycles. The van der Waals surface area contributed by atoms with Crippen LogP contribution in [0.5, 0.6) is 5.75 Å². The average molecular weight is 395 g/mol. The average Bonchev–Trinajstić information content (AvgIpc) is 3.50. The summed E-state index contributed by atoms with van der Waals surface area (Å²) >= 11 is 0. The molecule has 0 aromatic heterocycles. The van der Waals surface area contributed by atoms with Crippen LogP contribution in [0.3, 0.4) is 0 Å². The molecule has 1 fully saturated rings. The van der Waals surface area contributed by atoms with Gasteiger partial charge in [-0.1, -0.05) is 12.1 Å². The van der Waals surface area contributed by atoms with Crippen LogP contribution in [0.4, 0.5) is 11.4 Å². The SMILES string of the molecule is COc1cccc(CCNC(=O)C2CC2C(=O)Nc2ccc(NC(C)=O)cc2)c1. The highest BCUT2D eigenvalue weighted by molar-refractivity contribution is 5.99. The van der Waals surface area contributed by atoms with Crippen LogP contribution in [0.15, 0.2) is 48.5 Å². The van der Waals surface area contributed by atoms with Crippen molar-refractivity contribution in [2.24, 2.45) is 11.8 Å². The molecule has 29 heavy (non-hydrogen) atoms. The fraction of sp³-hybridized carbons (Fsp3) is 0.318. The van der Waals surface area contributed by atoms with Crippen molar-refractivity contribution < 1.29 is 19.1 Å². The highest BCUT2D eigenvalue weighted by atomic mass is 16.5. The number of hydrogen-bond acceptors (Lipinski definition) is 4. The molecular weight excluding hydrogens is 370 g/mol. The Bertz CT molecular complexity index is 895. The molecular formula is C22H25N3O4. The lowest BCUT2D eigenvalue weighted by atomic mass is 10.1. The third kappa shape index (κ3) is 5.81. The fourth-order valence-corrected chi connectivity index (χ4v) is 3.14. The van der Waals surface area contributed by atoms with Crippen molar-refractivity contribution in [3.8, 4) is 5.75 Å². The summed E-state index contributed by atoms with van der Waals surface area (Å²) in [5, 5.41) is 8.39. The van der Waals surface area contributed by atoms with Gasteiger partial charge in [0, 0.05) is 24.8 Å². The zero-order valence-corrected chi connectivity index (χ0v) is 16.5. The molecule has 1 aliphatic rings. The van der Waals surface area contributed by atoms with E-state index in [1.54, 1.807) is 31.4 Å². The van der Waals surface area contributed by atoms with Crippen LogP contribution in [-0.4, -0.2) is 31.4 Å². The predicted molar refractivity (Wildman–Crippen MR) is 111 cm³/mol. The molecule has 0 spiro atoms. The standard InChI is InChI=1S/C22H25N3O4/c1-14(26)24-16-6-8-17(9-7-16)25-22(28)20-13-19(20)21(27)23-11-10-15-4-3-5-18(12-15)29-2/h3-9,12,19-20H,10-11,13H2,1-2H3,(H,23,27)(H,24,26)(H,25,28). The monoisotopic (exact) mass is 395 g/mol. The number of methoxy groups -OCH3 is 1. The van der Waals surface area contributed by atoms with Gasteiger partial charge in [-0.25, -0.2) is 0 Å². The van der Waals surface area contributed by atoms with Gasteiger partial charge in [0.25, 0.3) is 0 Å². The second-order valence-electron chi connectivity index (χ2n) is 7.09. The third-order valence-electron chi connectivity index (χ3n) is 4.78. The van der Waals surface area contributed by atoms with Crippen LogP contribution in [-0.2, 0) is 20.8 Å². The summed E-state index contributed by atoms with van der Waals surface area (Å²) in [5.74, 6) is -0.196. The largest absolute Gasteiger partial charge is 0.497 e. The van der Waals surface area contributed by atoms with Crippen molar-refractivity contribution >= 4 is 29.1 Å². The van der Waals surface area contributed by atoms with Gasteiger partial charge in [-0.05, 0) is 54.8 Å². The van der Waals surface area contributed by atoms with Gasteiger partial charge < -0.3 is 20.7 Å². The lowest BCUT2D eigenvalue weighted by Crippen LogP contribution is -2.29. The lowest BCUT2D eigenvalue weighted by molar-refractivity contribution is -0.125. The first-order valence-corrected chi connectivity index (χ1v) is 9.55. The number of ether oxygens (including phenoxy) is 1. The van der Waals surface area contributed by atoms with E-state index >= 15 is 0 Å². The second-order valence-corrected chi connectivity index (χ2v) is 7.09. The lowest BCUT2D eigenvalue weighted by Gasteiger charge is -2.08. The molecule has 0 bridgehead atoms. The molecule has 2 unspecified atom stereocenters. The van der Waals surface area contributed by atoms with E-state index in [0.717, 1.165) is 11.3 Å².